The Morgan fingerprint density at radius 2 is 0.889 bits per heavy atom. The molecule has 0 spiro atoms. The van der Waals surface area contributed by atoms with Crippen molar-refractivity contribution < 1.29 is 53.1 Å². The number of hydrogen-bond donors (Lipinski definition) is 0. The van der Waals surface area contributed by atoms with Crippen molar-refractivity contribution in [2.24, 2.45) is 0 Å². The first kappa shape index (κ1) is 16.9. The molecule has 0 N–H and O–H groups in total. The number of nitrogens with zero attached hydrogens (tertiary/aromatic N) is 2. The lowest BCUT2D eigenvalue weighted by atomic mass is 10.5. The standard InChI is InChI=1S/C12H14N2O2.2BrH/c1-3-7-13(8-4-1)15-11-12-16-14-9-5-2-6-10-14;;/h1-10H,11-12H2;2*1H/q+2;;/p-2. The fourth-order valence-electron chi connectivity index (χ4n) is 1.22. The maximum atomic E-state index is 5.41. The molecule has 0 fully saturated rings. The fourth-order valence-corrected chi connectivity index (χ4v) is 1.22. The van der Waals surface area contributed by atoms with E-state index in [9.17, 15) is 0 Å². The van der Waals surface area contributed by atoms with Gasteiger partial charge in [-0.15, -0.1) is 0 Å². The number of rotatable bonds is 5. The molecule has 2 rings (SSSR count). The van der Waals surface area contributed by atoms with Gasteiger partial charge >= 0.3 is 0 Å². The molecule has 2 heterocycles. The van der Waals surface area contributed by atoms with Gasteiger partial charge in [-0.25, -0.2) is 0 Å². The molecule has 0 amide bonds. The van der Waals surface area contributed by atoms with Gasteiger partial charge in [-0.3, -0.25) is 9.68 Å². The van der Waals surface area contributed by atoms with Gasteiger partial charge in [0.2, 0.25) is 38.0 Å². The second kappa shape index (κ2) is 9.85. The highest BCUT2D eigenvalue weighted by atomic mass is 79.9. The van der Waals surface area contributed by atoms with Crippen LogP contribution in [-0.2, 0) is 0 Å². The predicted molar refractivity (Wildman–Crippen MR) is 56.2 cm³/mol. The zero-order valence-corrected chi connectivity index (χ0v) is 12.8. The van der Waals surface area contributed by atoms with E-state index in [0.29, 0.717) is 13.2 Å². The Bertz CT molecular complexity index is 373. The van der Waals surface area contributed by atoms with Gasteiger partial charge in [-0.1, -0.05) is 12.1 Å². The first-order valence-electron chi connectivity index (χ1n) is 5.14. The lowest BCUT2D eigenvalue weighted by Crippen LogP contribution is -3.00. The van der Waals surface area contributed by atoms with E-state index in [1.54, 1.807) is 9.46 Å². The largest absolute Gasteiger partial charge is 1.00 e. The molecule has 0 aliphatic rings. The van der Waals surface area contributed by atoms with E-state index in [2.05, 4.69) is 0 Å². The van der Waals surface area contributed by atoms with Gasteiger partial charge in [0.05, 0.1) is 0 Å². The lowest BCUT2D eigenvalue weighted by Gasteiger charge is -1.97. The molecule has 0 bridgehead atoms. The van der Waals surface area contributed by atoms with Crippen molar-refractivity contribution >= 4 is 0 Å². The van der Waals surface area contributed by atoms with Crippen LogP contribution in [0.25, 0.3) is 0 Å². The van der Waals surface area contributed by atoms with Crippen molar-refractivity contribution in [3.05, 3.63) is 61.2 Å². The topological polar surface area (TPSA) is 26.2 Å². The third-order valence-corrected chi connectivity index (χ3v) is 1.94. The van der Waals surface area contributed by atoms with Crippen molar-refractivity contribution in [3.8, 4) is 0 Å². The minimum atomic E-state index is 0. The van der Waals surface area contributed by atoms with Crippen LogP contribution in [0.3, 0.4) is 0 Å². The van der Waals surface area contributed by atoms with Gasteiger partial charge < -0.3 is 34.0 Å². The van der Waals surface area contributed by atoms with Crippen molar-refractivity contribution in [1.82, 2.24) is 0 Å². The Balaban J connectivity index is 0.00000144. The van der Waals surface area contributed by atoms with Crippen LogP contribution >= 0.6 is 0 Å². The van der Waals surface area contributed by atoms with E-state index in [0.717, 1.165) is 0 Å². The summed E-state index contributed by atoms with van der Waals surface area (Å²) in [5, 5.41) is 0. The van der Waals surface area contributed by atoms with Crippen molar-refractivity contribution in [2.75, 3.05) is 13.2 Å². The quantitative estimate of drug-likeness (QED) is 0.383. The molecule has 0 atom stereocenters. The number of hydrogen-bond acceptors (Lipinski definition) is 2. The van der Waals surface area contributed by atoms with Gasteiger partial charge in [0, 0.05) is 33.7 Å². The number of aromatic nitrogens is 2. The van der Waals surface area contributed by atoms with E-state index in [1.807, 2.05) is 61.2 Å². The molecule has 0 aliphatic heterocycles. The summed E-state index contributed by atoms with van der Waals surface area (Å²) in [5.41, 5.74) is 0. The molecule has 0 saturated heterocycles. The Kier molecular flexibility index (Phi) is 9.22. The minimum absolute atomic E-state index is 0. The molecule has 18 heavy (non-hydrogen) atoms. The summed E-state index contributed by atoms with van der Waals surface area (Å²) in [5.74, 6) is 0. The summed E-state index contributed by atoms with van der Waals surface area (Å²) in [7, 11) is 0. The van der Waals surface area contributed by atoms with Crippen LogP contribution in [0.5, 0.6) is 0 Å². The van der Waals surface area contributed by atoms with Gasteiger partial charge in [0.1, 0.15) is 0 Å². The van der Waals surface area contributed by atoms with Gasteiger partial charge in [0.15, 0.2) is 0 Å². The Morgan fingerprint density at radius 3 is 1.22 bits per heavy atom. The Morgan fingerprint density at radius 1 is 0.556 bits per heavy atom. The van der Waals surface area contributed by atoms with Crippen LogP contribution in [-0.4, -0.2) is 13.2 Å². The van der Waals surface area contributed by atoms with Crippen LogP contribution in [0.4, 0.5) is 0 Å². The average Bonchev–Trinajstić information content (AvgIpc) is 2.37. The fraction of sp³-hybridized carbons (Fsp3) is 0.167. The second-order valence-electron chi connectivity index (χ2n) is 3.14. The van der Waals surface area contributed by atoms with Crippen LogP contribution in [0, 0.1) is 0 Å². The van der Waals surface area contributed by atoms with E-state index >= 15 is 0 Å². The van der Waals surface area contributed by atoms with E-state index in [-0.39, 0.29) is 34.0 Å². The normalized spacial score (nSPS) is 8.67. The van der Waals surface area contributed by atoms with Crippen LogP contribution < -0.4 is 53.1 Å². The average molecular weight is 378 g/mol. The minimum Gasteiger partial charge on any atom is -1.00 e. The molecule has 0 radical (unpaired) electrons. The molecular weight excluding hydrogens is 364 g/mol. The van der Waals surface area contributed by atoms with Crippen LogP contribution in [0.1, 0.15) is 0 Å². The highest BCUT2D eigenvalue weighted by molar-refractivity contribution is 4.83. The molecule has 2 aromatic rings. The monoisotopic (exact) mass is 376 g/mol. The lowest BCUT2D eigenvalue weighted by molar-refractivity contribution is -0.908. The predicted octanol–water partition coefficient (Wildman–Crippen LogP) is -6.17. The zero-order valence-electron chi connectivity index (χ0n) is 9.65. The van der Waals surface area contributed by atoms with E-state index in [4.69, 9.17) is 9.68 Å². The molecule has 6 heteroatoms. The summed E-state index contributed by atoms with van der Waals surface area (Å²) in [4.78, 5) is 10.8. The molecule has 98 valence electrons. The highest BCUT2D eigenvalue weighted by Crippen LogP contribution is 1.75. The zero-order chi connectivity index (χ0) is 11.1. The highest BCUT2D eigenvalue weighted by Gasteiger charge is 2.02. The number of halogens is 2. The van der Waals surface area contributed by atoms with E-state index < -0.39 is 0 Å². The number of pyridine rings is 2. The molecule has 0 saturated carbocycles. The van der Waals surface area contributed by atoms with Crippen LogP contribution in [0.15, 0.2) is 61.2 Å². The molecule has 2 aromatic heterocycles. The first-order valence-corrected chi connectivity index (χ1v) is 5.14. The summed E-state index contributed by atoms with van der Waals surface area (Å²) in [6.45, 7) is 0.993. The molecular formula is C12H14Br2N2O2. The SMILES string of the molecule is [Br-].[Br-].c1cc[n+](OCCO[n+]2ccccc2)cc1. The Labute approximate surface area is 127 Å². The maximum Gasteiger partial charge on any atom is 0.222 e. The Hall–Kier alpha value is -1.14. The van der Waals surface area contributed by atoms with Gasteiger partial charge in [0.25, 0.3) is 0 Å². The van der Waals surface area contributed by atoms with Crippen LogP contribution in [0.2, 0.25) is 0 Å². The van der Waals surface area contributed by atoms with Crippen molar-refractivity contribution in [3.63, 3.8) is 0 Å². The van der Waals surface area contributed by atoms with Crippen molar-refractivity contribution in [1.29, 1.82) is 0 Å². The summed E-state index contributed by atoms with van der Waals surface area (Å²) in [6, 6.07) is 11.5. The maximum absolute atomic E-state index is 5.41. The van der Waals surface area contributed by atoms with Gasteiger partial charge in [-0.2, -0.15) is 0 Å². The third kappa shape index (κ3) is 5.97. The van der Waals surface area contributed by atoms with Gasteiger partial charge in [-0.05, 0) is 0 Å². The summed E-state index contributed by atoms with van der Waals surface area (Å²) >= 11 is 0. The second-order valence-corrected chi connectivity index (χ2v) is 3.14. The molecule has 0 aliphatic carbocycles. The first-order chi connectivity index (χ1) is 7.95. The van der Waals surface area contributed by atoms with Crippen molar-refractivity contribution in [2.45, 2.75) is 0 Å². The smallest absolute Gasteiger partial charge is 0.222 e. The third-order valence-electron chi connectivity index (χ3n) is 1.94. The summed E-state index contributed by atoms with van der Waals surface area (Å²) in [6.07, 6.45) is 7.37. The molecule has 0 aromatic carbocycles. The molecule has 0 unspecified atom stereocenters. The molecule has 4 nitrogen and oxygen atoms in total. The summed E-state index contributed by atoms with van der Waals surface area (Å²) < 4.78 is 3.30. The van der Waals surface area contributed by atoms with E-state index in [1.165, 1.54) is 0 Å².